The van der Waals surface area contributed by atoms with Crippen molar-refractivity contribution < 1.29 is 19.1 Å². The van der Waals surface area contributed by atoms with Crippen molar-refractivity contribution in [1.82, 2.24) is 5.32 Å². The Labute approximate surface area is 137 Å². The number of hydrogen-bond acceptors (Lipinski definition) is 4. The van der Waals surface area contributed by atoms with E-state index in [9.17, 15) is 14.4 Å². The molecular formula is C18H27NO4. The summed E-state index contributed by atoms with van der Waals surface area (Å²) in [7, 11) is 1.32. The molecule has 0 saturated heterocycles. The van der Waals surface area contributed by atoms with Gasteiger partial charge in [0, 0.05) is 11.8 Å². The highest BCUT2D eigenvalue weighted by Gasteiger charge is 2.54. The van der Waals surface area contributed by atoms with Gasteiger partial charge in [-0.05, 0) is 69.6 Å². The van der Waals surface area contributed by atoms with Gasteiger partial charge in [-0.15, -0.1) is 0 Å². The van der Waals surface area contributed by atoms with Crippen LogP contribution in [-0.4, -0.2) is 30.8 Å². The van der Waals surface area contributed by atoms with Crippen LogP contribution >= 0.6 is 0 Å². The third-order valence-corrected chi connectivity index (χ3v) is 6.10. The maximum Gasteiger partial charge on any atom is 0.328 e. The first-order valence-electron chi connectivity index (χ1n) is 8.80. The van der Waals surface area contributed by atoms with Gasteiger partial charge in [-0.3, -0.25) is 4.79 Å². The Morgan fingerprint density at radius 1 is 1.09 bits per heavy atom. The summed E-state index contributed by atoms with van der Waals surface area (Å²) in [4.78, 5) is 36.1. The molecule has 23 heavy (non-hydrogen) atoms. The number of methoxy groups -OCH3 is 1. The number of esters is 1. The summed E-state index contributed by atoms with van der Waals surface area (Å²) in [6, 6.07) is -0.704. The van der Waals surface area contributed by atoms with E-state index in [1.54, 1.807) is 0 Å². The monoisotopic (exact) mass is 321 g/mol. The molecule has 0 unspecified atom stereocenters. The number of hydrogen-bond donors (Lipinski definition) is 1. The fourth-order valence-corrected chi connectivity index (χ4v) is 5.44. The molecule has 0 heterocycles. The highest BCUT2D eigenvalue weighted by Crippen LogP contribution is 2.60. The summed E-state index contributed by atoms with van der Waals surface area (Å²) in [5.74, 6) is 1.62. The average molecular weight is 321 g/mol. The molecule has 0 radical (unpaired) electrons. The minimum Gasteiger partial charge on any atom is -0.467 e. The number of ether oxygens (including phenoxy) is 1. The highest BCUT2D eigenvalue weighted by molar-refractivity contribution is 5.88. The van der Waals surface area contributed by atoms with Gasteiger partial charge in [0.2, 0.25) is 5.91 Å². The predicted molar refractivity (Wildman–Crippen MR) is 84.5 cm³/mol. The zero-order valence-electron chi connectivity index (χ0n) is 14.1. The number of carbonyl (C=O) groups excluding carboxylic acids is 3. The first kappa shape index (κ1) is 16.5. The van der Waals surface area contributed by atoms with Crippen LogP contribution in [0.5, 0.6) is 0 Å². The number of carbonyl (C=O) groups is 3. The second kappa shape index (κ2) is 6.25. The second-order valence-electron chi connectivity index (χ2n) is 7.99. The van der Waals surface area contributed by atoms with Gasteiger partial charge in [0.15, 0.2) is 0 Å². The molecule has 5 heteroatoms. The van der Waals surface area contributed by atoms with Crippen LogP contribution in [0.1, 0.15) is 58.3 Å². The van der Waals surface area contributed by atoms with E-state index in [2.05, 4.69) is 5.32 Å². The molecular weight excluding hydrogens is 294 g/mol. The summed E-state index contributed by atoms with van der Waals surface area (Å²) in [5, 5.41) is 2.91. The largest absolute Gasteiger partial charge is 0.467 e. The molecule has 1 atom stereocenters. The van der Waals surface area contributed by atoms with Crippen LogP contribution in [0.3, 0.4) is 0 Å². The molecule has 0 aromatic rings. The lowest BCUT2D eigenvalue weighted by Crippen LogP contribution is -2.56. The van der Waals surface area contributed by atoms with Gasteiger partial charge >= 0.3 is 5.97 Å². The zero-order valence-corrected chi connectivity index (χ0v) is 14.1. The van der Waals surface area contributed by atoms with Crippen molar-refractivity contribution in [2.45, 2.75) is 64.3 Å². The molecule has 0 aliphatic heterocycles. The van der Waals surface area contributed by atoms with Crippen LogP contribution in [0.15, 0.2) is 0 Å². The number of nitrogens with one attached hydrogen (secondary N) is 1. The summed E-state index contributed by atoms with van der Waals surface area (Å²) in [6.07, 6.45) is 7.31. The SMILES string of the molecule is COC(=O)[C@H](CCC(C)=O)NC(=O)C12CC3CC(CC(C3)C1)C2. The normalized spacial score (nSPS) is 35.7. The number of rotatable bonds is 6. The topological polar surface area (TPSA) is 72.5 Å². The third kappa shape index (κ3) is 3.29. The molecule has 0 spiro atoms. The third-order valence-electron chi connectivity index (χ3n) is 6.10. The van der Waals surface area contributed by atoms with Gasteiger partial charge in [0.05, 0.1) is 7.11 Å². The van der Waals surface area contributed by atoms with E-state index in [4.69, 9.17) is 4.74 Å². The minimum absolute atomic E-state index is 0.00977. The van der Waals surface area contributed by atoms with E-state index in [0.29, 0.717) is 24.2 Å². The van der Waals surface area contributed by atoms with Gasteiger partial charge in [-0.25, -0.2) is 4.79 Å². The lowest BCUT2D eigenvalue weighted by Gasteiger charge is -2.55. The summed E-state index contributed by atoms with van der Waals surface area (Å²) >= 11 is 0. The van der Waals surface area contributed by atoms with E-state index in [1.807, 2.05) is 0 Å². The van der Waals surface area contributed by atoms with Crippen molar-refractivity contribution in [3.8, 4) is 0 Å². The molecule has 4 saturated carbocycles. The van der Waals surface area contributed by atoms with E-state index in [-0.39, 0.29) is 23.5 Å². The van der Waals surface area contributed by atoms with Gasteiger partial charge in [-0.1, -0.05) is 0 Å². The molecule has 4 bridgehead atoms. The zero-order chi connectivity index (χ0) is 16.6. The first-order chi connectivity index (χ1) is 10.9. The highest BCUT2D eigenvalue weighted by atomic mass is 16.5. The molecule has 0 aromatic heterocycles. The van der Waals surface area contributed by atoms with Crippen molar-refractivity contribution in [2.75, 3.05) is 7.11 Å². The summed E-state index contributed by atoms with van der Waals surface area (Å²) in [5.41, 5.74) is -0.281. The van der Waals surface area contributed by atoms with E-state index >= 15 is 0 Å². The molecule has 4 aliphatic rings. The molecule has 4 fully saturated rings. The standard InChI is InChI=1S/C18H27NO4/c1-11(20)3-4-15(16(21)23-2)19-17(22)18-8-12-5-13(9-18)7-14(6-12)10-18/h12-15H,3-10H2,1-2H3,(H,19,22)/t12?,13?,14?,15-,18?/m0/s1. The van der Waals surface area contributed by atoms with Gasteiger partial charge in [0.25, 0.3) is 0 Å². The Bertz CT molecular complexity index is 478. The average Bonchev–Trinajstić information content (AvgIpc) is 2.48. The second-order valence-corrected chi connectivity index (χ2v) is 7.99. The fourth-order valence-electron chi connectivity index (χ4n) is 5.44. The lowest BCUT2D eigenvalue weighted by molar-refractivity contribution is -0.153. The quantitative estimate of drug-likeness (QED) is 0.762. The van der Waals surface area contributed by atoms with E-state index in [1.165, 1.54) is 33.3 Å². The molecule has 4 aliphatic carbocycles. The molecule has 0 aromatic carbocycles. The van der Waals surface area contributed by atoms with Crippen LogP contribution in [0.25, 0.3) is 0 Å². The minimum atomic E-state index is -0.704. The Balaban J connectivity index is 1.68. The number of ketones is 1. The molecule has 4 rings (SSSR count). The predicted octanol–water partition coefficient (Wildman–Crippen LogP) is 2.23. The van der Waals surface area contributed by atoms with Crippen LogP contribution < -0.4 is 5.32 Å². The maximum absolute atomic E-state index is 13.0. The smallest absolute Gasteiger partial charge is 0.328 e. The first-order valence-corrected chi connectivity index (χ1v) is 8.80. The van der Waals surface area contributed by atoms with Crippen LogP contribution in [0.4, 0.5) is 0 Å². The lowest BCUT2D eigenvalue weighted by atomic mass is 9.49. The molecule has 1 N–H and O–H groups in total. The molecule has 128 valence electrons. The Morgan fingerprint density at radius 3 is 2.04 bits per heavy atom. The van der Waals surface area contributed by atoms with E-state index < -0.39 is 12.0 Å². The van der Waals surface area contributed by atoms with Crippen LogP contribution in [-0.2, 0) is 19.1 Å². The summed E-state index contributed by atoms with van der Waals surface area (Å²) < 4.78 is 4.80. The molecule has 5 nitrogen and oxygen atoms in total. The fraction of sp³-hybridized carbons (Fsp3) is 0.833. The van der Waals surface area contributed by atoms with Crippen LogP contribution in [0, 0.1) is 23.2 Å². The Hall–Kier alpha value is -1.39. The van der Waals surface area contributed by atoms with Gasteiger partial charge in [0.1, 0.15) is 11.8 Å². The van der Waals surface area contributed by atoms with Gasteiger partial charge < -0.3 is 14.8 Å². The van der Waals surface area contributed by atoms with E-state index in [0.717, 1.165) is 19.3 Å². The Kier molecular flexibility index (Phi) is 4.47. The van der Waals surface area contributed by atoms with Gasteiger partial charge in [-0.2, -0.15) is 0 Å². The maximum atomic E-state index is 13.0. The van der Waals surface area contributed by atoms with Crippen molar-refractivity contribution in [3.05, 3.63) is 0 Å². The van der Waals surface area contributed by atoms with Crippen molar-refractivity contribution >= 4 is 17.7 Å². The van der Waals surface area contributed by atoms with Crippen molar-refractivity contribution in [2.24, 2.45) is 23.2 Å². The number of amides is 1. The molecule has 1 amide bonds. The number of Topliss-reactive ketones (excluding diaryl/α,β-unsaturated/α-hetero) is 1. The van der Waals surface area contributed by atoms with Crippen LogP contribution in [0.2, 0.25) is 0 Å². The van der Waals surface area contributed by atoms with Crippen molar-refractivity contribution in [1.29, 1.82) is 0 Å². The summed E-state index contributed by atoms with van der Waals surface area (Å²) in [6.45, 7) is 1.50. The Morgan fingerprint density at radius 2 is 1.61 bits per heavy atom. The van der Waals surface area contributed by atoms with Crippen molar-refractivity contribution in [3.63, 3.8) is 0 Å².